The third-order valence-corrected chi connectivity index (χ3v) is 16.7. The number of hydrogen-bond acceptors (Lipinski definition) is 10. The van der Waals surface area contributed by atoms with E-state index in [2.05, 4.69) is 239 Å². The van der Waals surface area contributed by atoms with E-state index in [0.717, 1.165) is 38.5 Å². The Hall–Kier alpha value is -8.46. The number of rotatable bonds is 5. The lowest BCUT2D eigenvalue weighted by Gasteiger charge is -2.19. The number of nitriles is 1. The lowest BCUT2D eigenvalue weighted by Crippen LogP contribution is -2.15. The van der Waals surface area contributed by atoms with Gasteiger partial charge < -0.3 is 21.6 Å². The van der Waals surface area contributed by atoms with Crippen molar-refractivity contribution in [1.29, 1.82) is 5.26 Å². The number of nitrogens with two attached hydrogens (primary N) is 3. The molecular formula is C86H119N5O5S. The van der Waals surface area contributed by atoms with Crippen molar-refractivity contribution < 1.29 is 23.6 Å². The van der Waals surface area contributed by atoms with Crippen LogP contribution < -0.4 is 17.2 Å². The molecule has 6 N–H and O–H groups in total. The fourth-order valence-electron chi connectivity index (χ4n) is 8.55. The molecule has 8 rings (SSSR count). The van der Waals surface area contributed by atoms with Gasteiger partial charge in [-0.05, 0) is 158 Å². The highest BCUT2D eigenvalue weighted by Gasteiger charge is 2.22. The Balaban J connectivity index is 0.000000555. The van der Waals surface area contributed by atoms with Gasteiger partial charge in [-0.2, -0.15) is 5.26 Å². The first-order valence-electron chi connectivity index (χ1n) is 33.2. The number of hydrogen-bond donors (Lipinski definition) is 3. The number of anilines is 1. The van der Waals surface area contributed by atoms with Crippen LogP contribution in [0.1, 0.15) is 289 Å². The smallest absolute Gasteiger partial charge is 0.248 e. The Morgan fingerprint density at radius 2 is 0.876 bits per heavy atom. The van der Waals surface area contributed by atoms with Gasteiger partial charge in [0.25, 0.3) is 0 Å². The van der Waals surface area contributed by atoms with Gasteiger partial charge in [-0.3, -0.25) is 19.2 Å². The highest BCUT2D eigenvalue weighted by atomic mass is 32.1. The van der Waals surface area contributed by atoms with Crippen molar-refractivity contribution in [3.8, 4) is 6.07 Å². The molecule has 8 aromatic rings. The Morgan fingerprint density at radius 3 is 1.20 bits per heavy atom. The molecule has 11 heteroatoms. The third kappa shape index (κ3) is 32.4. The van der Waals surface area contributed by atoms with Gasteiger partial charge in [0.2, 0.25) is 5.91 Å². The monoisotopic (exact) mass is 1330 g/mol. The summed E-state index contributed by atoms with van der Waals surface area (Å²) in [6.07, 6.45) is 1.71. The highest BCUT2D eigenvalue weighted by Crippen LogP contribution is 2.31. The molecule has 0 radical (unpaired) electrons. The zero-order chi connectivity index (χ0) is 75.0. The normalized spacial score (nSPS) is 11.4. The van der Waals surface area contributed by atoms with Crippen LogP contribution in [0.2, 0.25) is 0 Å². The maximum Gasteiger partial charge on any atom is 0.248 e. The summed E-state index contributed by atoms with van der Waals surface area (Å²) < 4.78 is 5.36. The van der Waals surface area contributed by atoms with Crippen molar-refractivity contribution in [2.75, 3.05) is 5.73 Å². The molecule has 1 amide bonds. The first-order valence-corrected chi connectivity index (χ1v) is 34.0. The van der Waals surface area contributed by atoms with Crippen LogP contribution in [0.4, 0.5) is 5.82 Å². The number of carbonyl (C=O) groups excluding carboxylic acids is 4. The van der Waals surface area contributed by atoms with Gasteiger partial charge in [0.05, 0.1) is 16.5 Å². The molecule has 3 heterocycles. The topological polar surface area (TPSA) is 196 Å². The molecule has 10 nitrogen and oxygen atoms in total. The minimum Gasteiger partial charge on any atom is -0.457 e. The molecule has 0 unspecified atom stereocenters. The second-order valence-corrected chi connectivity index (χ2v) is 33.7. The summed E-state index contributed by atoms with van der Waals surface area (Å²) in [6.45, 7) is 62.0. The van der Waals surface area contributed by atoms with Gasteiger partial charge in [-0.25, -0.2) is 4.98 Å². The number of nitrogen functional groups attached to an aromatic ring is 1. The van der Waals surface area contributed by atoms with Crippen molar-refractivity contribution in [1.82, 2.24) is 4.98 Å². The van der Waals surface area contributed by atoms with Crippen LogP contribution in [0.15, 0.2) is 175 Å². The first kappa shape index (κ1) is 86.6. The Labute approximate surface area is 590 Å². The SMILES string of the molecule is C=C(N)c1ccc(C(C)(C)C)cc1.CC(=O)c1ccc(C(C)(C)C)o1.CC(=O)c1ccc(C(C)(C)C)s1.CC(=O)c1cccc(C(C)(C)C)c1.CC(C)(C)c1cccc(C#N)c1.CC(C)(C)c1cccc(C(N)=O)c1.CC(C)(C)c1cccnc1N.Cc1ccc(C(C)(C)C)cc1. The minimum absolute atomic E-state index is 0.0201. The summed E-state index contributed by atoms with van der Waals surface area (Å²) in [5.41, 5.74) is 30.0. The molecule has 0 saturated heterocycles. The Morgan fingerprint density at radius 1 is 0.443 bits per heavy atom. The van der Waals surface area contributed by atoms with Crippen molar-refractivity contribution in [3.63, 3.8) is 0 Å². The second kappa shape index (κ2) is 36.8. The van der Waals surface area contributed by atoms with Crippen molar-refractivity contribution in [2.24, 2.45) is 11.5 Å². The molecule has 0 saturated carbocycles. The Kier molecular flexibility index (Phi) is 32.8. The van der Waals surface area contributed by atoms with E-state index in [0.29, 0.717) is 22.8 Å². The number of carbonyl (C=O) groups is 4. The molecule has 5 aromatic carbocycles. The average Bonchev–Trinajstić information content (AvgIpc) is 1.55. The number of amides is 1. The van der Waals surface area contributed by atoms with Gasteiger partial charge in [0.15, 0.2) is 23.1 Å². The molecule has 524 valence electrons. The van der Waals surface area contributed by atoms with Crippen LogP contribution in [-0.2, 0) is 43.3 Å². The van der Waals surface area contributed by atoms with Crippen LogP contribution in [0, 0.1) is 18.3 Å². The number of aromatic nitrogens is 1. The quantitative estimate of drug-likeness (QED) is 0.140. The summed E-state index contributed by atoms with van der Waals surface area (Å²) in [4.78, 5) is 50.1. The molecule has 3 aromatic heterocycles. The summed E-state index contributed by atoms with van der Waals surface area (Å²) in [7, 11) is 0. The van der Waals surface area contributed by atoms with Crippen LogP contribution in [-0.4, -0.2) is 28.2 Å². The van der Waals surface area contributed by atoms with Gasteiger partial charge in [-0.15, -0.1) is 11.3 Å². The van der Waals surface area contributed by atoms with E-state index in [1.165, 1.54) is 39.6 Å². The average molecular weight is 1330 g/mol. The lowest BCUT2D eigenvalue weighted by atomic mass is 9.86. The maximum absolute atomic E-state index is 11.1. The molecule has 0 fully saturated rings. The highest BCUT2D eigenvalue weighted by molar-refractivity contribution is 7.14. The number of aryl methyl sites for hydroxylation is 1. The number of primary amides is 1. The van der Waals surface area contributed by atoms with Crippen LogP contribution >= 0.6 is 11.3 Å². The fraction of sp³-hybridized carbons (Fsp3) is 0.419. The summed E-state index contributed by atoms with van der Waals surface area (Å²) in [5, 5.41) is 8.68. The largest absolute Gasteiger partial charge is 0.457 e. The molecule has 0 spiro atoms. The predicted octanol–water partition coefficient (Wildman–Crippen LogP) is 22.3. The molecule has 0 aliphatic rings. The van der Waals surface area contributed by atoms with E-state index in [1.54, 1.807) is 43.5 Å². The second-order valence-electron chi connectivity index (χ2n) is 32.6. The number of thiophene rings is 1. The van der Waals surface area contributed by atoms with E-state index in [4.69, 9.17) is 26.9 Å². The van der Waals surface area contributed by atoms with E-state index < -0.39 is 0 Å². The molecule has 97 heavy (non-hydrogen) atoms. The maximum atomic E-state index is 11.1. The first-order chi connectivity index (χ1) is 44.1. The van der Waals surface area contributed by atoms with E-state index >= 15 is 0 Å². The number of Topliss-reactive ketones (excluding diaryl/α,β-unsaturated/α-hetero) is 3. The number of furan rings is 1. The number of pyridine rings is 1. The van der Waals surface area contributed by atoms with Gasteiger partial charge in [0, 0.05) is 40.2 Å². The van der Waals surface area contributed by atoms with Crippen molar-refractivity contribution in [2.45, 2.75) is 237 Å². The summed E-state index contributed by atoms with van der Waals surface area (Å²) in [5.74, 6) is 1.84. The number of nitrogens with zero attached hydrogens (tertiary/aromatic N) is 2. The number of benzene rings is 5. The van der Waals surface area contributed by atoms with Crippen LogP contribution in [0.5, 0.6) is 0 Å². The summed E-state index contributed by atoms with van der Waals surface area (Å²) >= 11 is 1.60. The summed E-state index contributed by atoms with van der Waals surface area (Å²) in [6, 6.07) is 53.6. The third-order valence-electron chi connectivity index (χ3n) is 15.1. The predicted molar refractivity (Wildman–Crippen MR) is 415 cm³/mol. The standard InChI is InChI=1S/C12H17N.C12H16O.C11H15NO.C11H13N.C11H16.C10H14O2.C10H14OS.C9H14N2/c1-9(13)10-5-7-11(8-6-10)12(2,3)4;1-9(13)10-6-5-7-11(8-10)12(2,3)4;1-11(2,3)9-6-4-5-8(7-9)10(12)13;1-11(2,3)10-6-4-5-9(7-10)8-12;1-9-5-7-10(8-6-9)11(2,3)4;2*1-7(11)8-5-6-9(12-8)10(2,3)4;1-9(2,3)7-5-4-6-11-8(7)10/h5-8H,1,13H2,2-4H3;5-8H,1-4H3;4-7H,1-3H3,(H2,12,13);4-7H,1-3H3;5-8H,1-4H3;2*5-6H,1-4H3;4-6H,1-3H3,(H2,10,11). The minimum atomic E-state index is -0.369. The van der Waals surface area contributed by atoms with Gasteiger partial charge >= 0.3 is 0 Å². The molecule has 0 aliphatic carbocycles. The van der Waals surface area contributed by atoms with Crippen molar-refractivity contribution in [3.05, 3.63) is 253 Å². The Bertz CT molecular complexity index is 3700. The van der Waals surface area contributed by atoms with Crippen LogP contribution in [0.3, 0.4) is 0 Å². The number of ketones is 3. The molecule has 0 atom stereocenters. The molecule has 0 bridgehead atoms. The molecule has 0 aliphatic heterocycles. The van der Waals surface area contributed by atoms with Gasteiger partial charge in [0.1, 0.15) is 11.6 Å². The van der Waals surface area contributed by atoms with Crippen LogP contribution in [0.25, 0.3) is 5.70 Å². The zero-order valence-corrected chi connectivity index (χ0v) is 65.2. The van der Waals surface area contributed by atoms with E-state index in [9.17, 15) is 19.2 Å². The van der Waals surface area contributed by atoms with E-state index in [1.807, 2.05) is 97.1 Å². The van der Waals surface area contributed by atoms with E-state index in [-0.39, 0.29) is 66.6 Å². The van der Waals surface area contributed by atoms with Crippen molar-refractivity contribution >= 4 is 46.1 Å². The van der Waals surface area contributed by atoms with Gasteiger partial charge in [-0.1, -0.05) is 275 Å². The zero-order valence-electron chi connectivity index (χ0n) is 64.4. The molecular weight excluding hydrogens is 1220 g/mol. The lowest BCUT2D eigenvalue weighted by molar-refractivity contribution is 0.0979. The fourth-order valence-corrected chi connectivity index (χ4v) is 9.51.